The van der Waals surface area contributed by atoms with Crippen molar-refractivity contribution in [2.45, 2.75) is 26.3 Å². The van der Waals surface area contributed by atoms with Crippen molar-refractivity contribution in [1.29, 1.82) is 0 Å². The van der Waals surface area contributed by atoms with Crippen molar-refractivity contribution in [1.82, 2.24) is 15.6 Å². The molecule has 1 aromatic rings. The monoisotopic (exact) mass is 265 g/mol. The third-order valence-corrected chi connectivity index (χ3v) is 5.27. The summed E-state index contributed by atoms with van der Waals surface area (Å²) in [4.78, 5) is 16.7. The van der Waals surface area contributed by atoms with Crippen LogP contribution in [-0.2, 0) is 10.3 Å². The zero-order chi connectivity index (χ0) is 12.9. The van der Waals surface area contributed by atoms with Gasteiger partial charge >= 0.3 is 0 Å². The number of fused-ring (bicyclic) bond motifs is 1. The summed E-state index contributed by atoms with van der Waals surface area (Å²) in [7, 11) is 0. The zero-order valence-electron chi connectivity index (χ0n) is 11.0. The van der Waals surface area contributed by atoms with E-state index in [0.717, 1.165) is 23.8 Å². The average molecular weight is 265 g/mol. The van der Waals surface area contributed by atoms with E-state index in [4.69, 9.17) is 0 Å². The van der Waals surface area contributed by atoms with Crippen molar-refractivity contribution < 1.29 is 4.79 Å². The number of amides is 1. The van der Waals surface area contributed by atoms with Gasteiger partial charge in [-0.25, -0.2) is 4.98 Å². The summed E-state index contributed by atoms with van der Waals surface area (Å²) in [6.45, 7) is 8.03. The summed E-state index contributed by atoms with van der Waals surface area (Å²) < 4.78 is 0. The molecule has 2 heterocycles. The van der Waals surface area contributed by atoms with Crippen LogP contribution < -0.4 is 10.6 Å². The van der Waals surface area contributed by atoms with Crippen molar-refractivity contribution in [3.8, 4) is 0 Å². The first kappa shape index (κ1) is 12.1. The molecule has 1 saturated carbocycles. The molecule has 2 aliphatic rings. The number of nitrogens with one attached hydrogen (secondary N) is 2. The predicted molar refractivity (Wildman–Crippen MR) is 71.4 cm³/mol. The molecule has 1 aliphatic carbocycles. The predicted octanol–water partition coefficient (Wildman–Crippen LogP) is 1.27. The van der Waals surface area contributed by atoms with E-state index in [1.807, 2.05) is 26.2 Å². The van der Waals surface area contributed by atoms with Crippen LogP contribution in [0, 0.1) is 24.7 Å². The van der Waals surface area contributed by atoms with Crippen LogP contribution in [0.4, 0.5) is 0 Å². The smallest absolute Gasteiger partial charge is 0.224 e. The second kappa shape index (κ2) is 4.03. The second-order valence-corrected chi connectivity index (χ2v) is 6.78. The summed E-state index contributed by atoms with van der Waals surface area (Å²) in [5.41, 5.74) is 0.658. The molecule has 2 N–H and O–H groups in total. The van der Waals surface area contributed by atoms with Gasteiger partial charge in [0.15, 0.2) is 0 Å². The fraction of sp³-hybridized carbons (Fsp3) is 0.692. The molecular formula is C13H19N3OS. The quantitative estimate of drug-likeness (QED) is 0.865. The molecule has 0 radical (unpaired) electrons. The number of hydrogen-bond acceptors (Lipinski definition) is 4. The molecule has 2 atom stereocenters. The minimum absolute atomic E-state index is 0.198. The van der Waals surface area contributed by atoms with E-state index in [-0.39, 0.29) is 17.4 Å². The molecule has 3 rings (SSSR count). The maximum atomic E-state index is 12.3. The van der Waals surface area contributed by atoms with Gasteiger partial charge in [-0.1, -0.05) is 0 Å². The number of aryl methyl sites for hydroxylation is 1. The lowest BCUT2D eigenvalue weighted by atomic mass is 10.1. The highest BCUT2D eigenvalue weighted by Crippen LogP contribution is 2.49. The average Bonchev–Trinajstić information content (AvgIpc) is 2.68. The Bertz CT molecular complexity index is 472. The van der Waals surface area contributed by atoms with Gasteiger partial charge in [0, 0.05) is 17.0 Å². The zero-order valence-corrected chi connectivity index (χ0v) is 11.8. The lowest BCUT2D eigenvalue weighted by Gasteiger charge is -2.24. The number of piperidine rings is 1. The van der Waals surface area contributed by atoms with Crippen LogP contribution in [0.25, 0.3) is 0 Å². The van der Waals surface area contributed by atoms with Gasteiger partial charge in [0.25, 0.3) is 0 Å². The van der Waals surface area contributed by atoms with E-state index in [0.29, 0.717) is 11.8 Å². The van der Waals surface area contributed by atoms with Crippen molar-refractivity contribution in [2.75, 3.05) is 13.1 Å². The minimum Gasteiger partial charge on any atom is -0.344 e. The van der Waals surface area contributed by atoms with Crippen LogP contribution >= 0.6 is 11.3 Å². The summed E-state index contributed by atoms with van der Waals surface area (Å²) >= 11 is 1.61. The van der Waals surface area contributed by atoms with Crippen molar-refractivity contribution in [2.24, 2.45) is 17.8 Å². The van der Waals surface area contributed by atoms with Gasteiger partial charge in [0.05, 0.1) is 5.54 Å². The van der Waals surface area contributed by atoms with Crippen LogP contribution in [0.5, 0.6) is 0 Å². The number of aromatic nitrogens is 1. The summed E-state index contributed by atoms with van der Waals surface area (Å²) in [5, 5.41) is 9.48. The molecular weight excluding hydrogens is 246 g/mol. The molecule has 2 unspecified atom stereocenters. The molecule has 1 aromatic heterocycles. The third kappa shape index (κ3) is 1.95. The maximum Gasteiger partial charge on any atom is 0.224 e. The Morgan fingerprint density at radius 1 is 1.50 bits per heavy atom. The van der Waals surface area contributed by atoms with Crippen molar-refractivity contribution in [3.05, 3.63) is 16.1 Å². The second-order valence-electron chi connectivity index (χ2n) is 5.92. The highest BCUT2D eigenvalue weighted by atomic mass is 32.1. The largest absolute Gasteiger partial charge is 0.344 e. The van der Waals surface area contributed by atoms with E-state index >= 15 is 0 Å². The molecule has 4 nitrogen and oxygen atoms in total. The number of nitrogens with zero attached hydrogens (tertiary/aromatic N) is 1. The first-order valence-corrected chi connectivity index (χ1v) is 7.32. The Morgan fingerprint density at radius 3 is 2.72 bits per heavy atom. The van der Waals surface area contributed by atoms with E-state index in [1.54, 1.807) is 11.3 Å². The van der Waals surface area contributed by atoms with Gasteiger partial charge in [-0.15, -0.1) is 11.3 Å². The Morgan fingerprint density at radius 2 is 2.17 bits per heavy atom. The van der Waals surface area contributed by atoms with Crippen LogP contribution in [0.2, 0.25) is 0 Å². The van der Waals surface area contributed by atoms with E-state index < -0.39 is 0 Å². The molecule has 0 aromatic carbocycles. The topological polar surface area (TPSA) is 54.0 Å². The van der Waals surface area contributed by atoms with Gasteiger partial charge in [-0.05, 0) is 45.7 Å². The molecule has 0 spiro atoms. The summed E-state index contributed by atoms with van der Waals surface area (Å²) in [6.07, 6.45) is 0. The number of rotatable bonds is 3. The fourth-order valence-electron chi connectivity index (χ4n) is 2.89. The Kier molecular flexibility index (Phi) is 2.71. The van der Waals surface area contributed by atoms with E-state index in [9.17, 15) is 4.79 Å². The molecule has 1 saturated heterocycles. The Labute approximate surface area is 111 Å². The first-order valence-electron chi connectivity index (χ1n) is 6.44. The van der Waals surface area contributed by atoms with Gasteiger partial charge in [-0.3, -0.25) is 4.79 Å². The molecule has 5 heteroatoms. The van der Waals surface area contributed by atoms with Crippen LogP contribution in [0.15, 0.2) is 5.38 Å². The van der Waals surface area contributed by atoms with Gasteiger partial charge in [0.1, 0.15) is 5.01 Å². The number of carbonyl (C=O) groups is 1. The minimum atomic E-state index is -0.361. The first-order chi connectivity index (χ1) is 8.49. The number of carbonyl (C=O) groups excluding carboxylic acids is 1. The fourth-order valence-corrected chi connectivity index (χ4v) is 3.77. The van der Waals surface area contributed by atoms with Gasteiger partial charge < -0.3 is 10.6 Å². The molecule has 0 bridgehead atoms. The number of thiazole rings is 1. The normalized spacial score (nSPS) is 30.1. The van der Waals surface area contributed by atoms with Crippen molar-refractivity contribution >= 4 is 17.2 Å². The van der Waals surface area contributed by atoms with Crippen LogP contribution in [-0.4, -0.2) is 24.0 Å². The Balaban J connectivity index is 1.67. The standard InChI is InChI=1S/C13H19N3OS/c1-7-6-18-12(15-7)13(2,3)16-11(17)10-8-4-14-5-9(8)10/h6,8-10,14H,4-5H2,1-3H3,(H,16,17). The number of hydrogen-bond donors (Lipinski definition) is 2. The molecule has 2 fully saturated rings. The van der Waals surface area contributed by atoms with Gasteiger partial charge in [-0.2, -0.15) is 0 Å². The lowest BCUT2D eigenvalue weighted by molar-refractivity contribution is -0.124. The summed E-state index contributed by atoms with van der Waals surface area (Å²) in [5.74, 6) is 1.56. The molecule has 98 valence electrons. The highest BCUT2D eigenvalue weighted by Gasteiger charge is 2.57. The Hall–Kier alpha value is -0.940. The van der Waals surface area contributed by atoms with Gasteiger partial charge in [0.2, 0.25) is 5.91 Å². The van der Waals surface area contributed by atoms with E-state index in [1.165, 1.54) is 0 Å². The van der Waals surface area contributed by atoms with E-state index in [2.05, 4.69) is 15.6 Å². The third-order valence-electron chi connectivity index (χ3n) is 3.98. The van der Waals surface area contributed by atoms with Crippen LogP contribution in [0.3, 0.4) is 0 Å². The summed E-state index contributed by atoms with van der Waals surface area (Å²) in [6, 6.07) is 0. The maximum absolute atomic E-state index is 12.3. The SMILES string of the molecule is Cc1csc(C(C)(C)NC(=O)C2C3CNCC32)n1. The molecule has 1 amide bonds. The highest BCUT2D eigenvalue weighted by molar-refractivity contribution is 7.09. The van der Waals surface area contributed by atoms with Crippen LogP contribution in [0.1, 0.15) is 24.5 Å². The molecule has 1 aliphatic heterocycles. The van der Waals surface area contributed by atoms with Crippen molar-refractivity contribution in [3.63, 3.8) is 0 Å². The lowest BCUT2D eigenvalue weighted by Crippen LogP contribution is -2.43. The molecule has 18 heavy (non-hydrogen) atoms.